The minimum Gasteiger partial charge on any atom is -0.300 e. The highest BCUT2D eigenvalue weighted by Gasteiger charge is 2.11. The van der Waals surface area contributed by atoms with Crippen LogP contribution in [0.5, 0.6) is 0 Å². The first-order valence-corrected chi connectivity index (χ1v) is 5.44. The van der Waals surface area contributed by atoms with Crippen molar-refractivity contribution in [3.05, 3.63) is 71.8 Å². The molecule has 0 amide bonds. The van der Waals surface area contributed by atoms with E-state index in [0.29, 0.717) is 5.92 Å². The van der Waals surface area contributed by atoms with Gasteiger partial charge in [0.25, 0.3) is 0 Å². The predicted molar refractivity (Wildman–Crippen MR) is 69.1 cm³/mol. The van der Waals surface area contributed by atoms with Crippen LogP contribution in [0.15, 0.2) is 65.7 Å². The number of benzene rings is 2. The lowest BCUT2D eigenvalue weighted by Gasteiger charge is -2.15. The Morgan fingerprint density at radius 1 is 0.812 bits per heavy atom. The summed E-state index contributed by atoms with van der Waals surface area (Å²) in [5.74, 6) is 0.319. The first-order valence-electron chi connectivity index (χ1n) is 5.44. The van der Waals surface area contributed by atoms with Gasteiger partial charge in [0.05, 0.1) is 0 Å². The lowest BCUT2D eigenvalue weighted by Crippen LogP contribution is -2.04. The fourth-order valence-corrected chi connectivity index (χ4v) is 1.90. The third-order valence-corrected chi connectivity index (χ3v) is 2.72. The Bertz CT molecular complexity index is 394. The van der Waals surface area contributed by atoms with Gasteiger partial charge in [0.2, 0.25) is 0 Å². The number of hydrogen-bond acceptors (Lipinski definition) is 1. The molecule has 16 heavy (non-hydrogen) atoms. The molecule has 0 aromatic heterocycles. The molecule has 0 radical (unpaired) electrons. The van der Waals surface area contributed by atoms with Crippen LogP contribution < -0.4 is 0 Å². The minimum atomic E-state index is 0.319. The summed E-state index contributed by atoms with van der Waals surface area (Å²) in [6.07, 6.45) is 0. The van der Waals surface area contributed by atoms with Gasteiger partial charge in [-0.15, -0.1) is 0 Å². The molecule has 80 valence electrons. The van der Waals surface area contributed by atoms with Gasteiger partial charge in [-0.25, -0.2) is 0 Å². The van der Waals surface area contributed by atoms with Crippen molar-refractivity contribution in [3.63, 3.8) is 0 Å². The molecule has 0 saturated carbocycles. The smallest absolute Gasteiger partial charge is 0.0491 e. The minimum absolute atomic E-state index is 0.319. The Labute approximate surface area is 96.5 Å². The summed E-state index contributed by atoms with van der Waals surface area (Å²) in [7, 11) is 0. The number of hydrogen-bond donors (Lipinski definition) is 0. The maximum Gasteiger partial charge on any atom is 0.0491 e. The van der Waals surface area contributed by atoms with E-state index in [9.17, 15) is 0 Å². The Morgan fingerprint density at radius 2 is 1.25 bits per heavy atom. The predicted octanol–water partition coefficient (Wildman–Crippen LogP) is 3.52. The molecule has 1 heteroatoms. The zero-order valence-corrected chi connectivity index (χ0v) is 9.21. The van der Waals surface area contributed by atoms with E-state index in [1.165, 1.54) is 11.1 Å². The van der Waals surface area contributed by atoms with Crippen LogP contribution in [-0.4, -0.2) is 13.3 Å². The average molecular weight is 209 g/mol. The maximum absolute atomic E-state index is 4.04. The van der Waals surface area contributed by atoms with E-state index >= 15 is 0 Å². The quantitative estimate of drug-likeness (QED) is 0.683. The van der Waals surface area contributed by atoms with Crippen molar-refractivity contribution in [3.8, 4) is 0 Å². The molecule has 2 aromatic carbocycles. The fourth-order valence-electron chi connectivity index (χ4n) is 1.90. The Kier molecular flexibility index (Phi) is 3.50. The van der Waals surface area contributed by atoms with Gasteiger partial charge in [-0.05, 0) is 17.8 Å². The molecule has 2 aromatic rings. The van der Waals surface area contributed by atoms with Gasteiger partial charge in [-0.1, -0.05) is 60.7 Å². The maximum atomic E-state index is 4.04. The van der Waals surface area contributed by atoms with Crippen LogP contribution in [0.1, 0.15) is 17.0 Å². The summed E-state index contributed by atoms with van der Waals surface area (Å²) in [5.41, 5.74) is 2.59. The summed E-state index contributed by atoms with van der Waals surface area (Å²) in [5, 5.41) is 0. The molecule has 0 spiro atoms. The largest absolute Gasteiger partial charge is 0.300 e. The lowest BCUT2D eigenvalue weighted by atomic mass is 9.91. The summed E-state index contributed by atoms with van der Waals surface area (Å²) in [4.78, 5) is 4.04. The van der Waals surface area contributed by atoms with Crippen molar-refractivity contribution in [1.29, 1.82) is 0 Å². The van der Waals surface area contributed by atoms with E-state index in [2.05, 4.69) is 60.2 Å². The van der Waals surface area contributed by atoms with Gasteiger partial charge in [0.15, 0.2) is 0 Å². The number of nitrogens with zero attached hydrogens (tertiary/aromatic N) is 1. The van der Waals surface area contributed by atoms with Gasteiger partial charge in [-0.3, -0.25) is 4.99 Å². The second-order valence-electron chi connectivity index (χ2n) is 3.78. The number of rotatable bonds is 4. The highest BCUT2D eigenvalue weighted by molar-refractivity contribution is 5.34. The zero-order valence-electron chi connectivity index (χ0n) is 9.21. The zero-order chi connectivity index (χ0) is 11.2. The second-order valence-corrected chi connectivity index (χ2v) is 3.78. The van der Waals surface area contributed by atoms with Crippen LogP contribution >= 0.6 is 0 Å². The summed E-state index contributed by atoms with van der Waals surface area (Å²) < 4.78 is 0. The van der Waals surface area contributed by atoms with E-state index in [-0.39, 0.29) is 0 Å². The molecule has 0 aliphatic carbocycles. The first kappa shape index (κ1) is 10.6. The molecule has 0 unspecified atom stereocenters. The molecule has 0 aliphatic rings. The van der Waals surface area contributed by atoms with E-state index < -0.39 is 0 Å². The van der Waals surface area contributed by atoms with Crippen molar-refractivity contribution < 1.29 is 0 Å². The highest BCUT2D eigenvalue weighted by atomic mass is 14.7. The molecule has 0 aliphatic heterocycles. The Balaban J connectivity index is 2.35. The Hall–Kier alpha value is -1.89. The van der Waals surface area contributed by atoms with E-state index in [1.54, 1.807) is 0 Å². The lowest BCUT2D eigenvalue weighted by molar-refractivity contribution is 0.824. The third-order valence-electron chi connectivity index (χ3n) is 2.72. The van der Waals surface area contributed by atoms with Crippen LogP contribution in [0.25, 0.3) is 0 Å². The van der Waals surface area contributed by atoms with E-state index in [4.69, 9.17) is 0 Å². The molecule has 1 nitrogen and oxygen atoms in total. The van der Waals surface area contributed by atoms with Crippen LogP contribution in [0.3, 0.4) is 0 Å². The summed E-state index contributed by atoms with van der Waals surface area (Å²) in [6.45, 7) is 4.33. The monoisotopic (exact) mass is 209 g/mol. The fraction of sp³-hybridized carbons (Fsp3) is 0.133. The molecule has 2 rings (SSSR count). The molecule has 0 bridgehead atoms. The van der Waals surface area contributed by atoms with Crippen molar-refractivity contribution in [2.24, 2.45) is 4.99 Å². The molecule has 0 heterocycles. The normalized spacial score (nSPS) is 10.3. The highest BCUT2D eigenvalue weighted by Crippen LogP contribution is 2.24. The SMILES string of the molecule is C=NCC(c1ccccc1)c1ccccc1. The molecule has 0 atom stereocenters. The molecule has 0 N–H and O–H groups in total. The van der Waals surface area contributed by atoms with Gasteiger partial charge < -0.3 is 0 Å². The summed E-state index contributed by atoms with van der Waals surface area (Å²) >= 11 is 0. The third kappa shape index (κ3) is 2.37. The van der Waals surface area contributed by atoms with E-state index in [0.717, 1.165) is 6.54 Å². The van der Waals surface area contributed by atoms with Crippen LogP contribution in [0.4, 0.5) is 0 Å². The van der Waals surface area contributed by atoms with Crippen LogP contribution in [-0.2, 0) is 0 Å². The second kappa shape index (κ2) is 5.26. The van der Waals surface area contributed by atoms with Gasteiger partial charge in [0, 0.05) is 12.5 Å². The Morgan fingerprint density at radius 3 is 1.62 bits per heavy atom. The molecule has 0 fully saturated rings. The molecular formula is C15H15N. The van der Waals surface area contributed by atoms with Crippen LogP contribution in [0.2, 0.25) is 0 Å². The van der Waals surface area contributed by atoms with Gasteiger partial charge >= 0.3 is 0 Å². The molecular weight excluding hydrogens is 194 g/mol. The standard InChI is InChI=1S/C15H15N/c1-16-12-15(13-8-4-2-5-9-13)14-10-6-3-7-11-14/h2-11,15H,1,12H2. The molecule has 0 saturated heterocycles. The first-order chi connectivity index (χ1) is 7.92. The summed E-state index contributed by atoms with van der Waals surface area (Å²) in [6, 6.07) is 20.9. The van der Waals surface area contributed by atoms with Crippen molar-refractivity contribution in [2.45, 2.75) is 5.92 Å². The average Bonchev–Trinajstić information content (AvgIpc) is 2.38. The number of aliphatic imine (C=N–C) groups is 1. The van der Waals surface area contributed by atoms with Crippen molar-refractivity contribution >= 4 is 6.72 Å². The topological polar surface area (TPSA) is 12.4 Å². The van der Waals surface area contributed by atoms with Crippen molar-refractivity contribution in [2.75, 3.05) is 6.54 Å². The van der Waals surface area contributed by atoms with Gasteiger partial charge in [-0.2, -0.15) is 0 Å². The van der Waals surface area contributed by atoms with Gasteiger partial charge in [0.1, 0.15) is 0 Å². The van der Waals surface area contributed by atoms with Crippen LogP contribution in [0, 0.1) is 0 Å². The van der Waals surface area contributed by atoms with Crippen molar-refractivity contribution in [1.82, 2.24) is 0 Å². The van der Waals surface area contributed by atoms with E-state index in [1.807, 2.05) is 12.1 Å².